The Morgan fingerprint density at radius 2 is 1.95 bits per heavy atom. The Morgan fingerprint density at radius 1 is 1.21 bits per heavy atom. The van der Waals surface area contributed by atoms with Crippen LogP contribution in [-0.2, 0) is 11.3 Å². The molecule has 1 aromatic heterocycles. The fourth-order valence-electron chi connectivity index (χ4n) is 1.97. The van der Waals surface area contributed by atoms with Crippen LogP contribution in [0, 0.1) is 0 Å². The summed E-state index contributed by atoms with van der Waals surface area (Å²) in [5, 5.41) is 3.10. The Kier molecular flexibility index (Phi) is 3.05. The molecule has 3 rings (SSSR count). The summed E-state index contributed by atoms with van der Waals surface area (Å²) in [7, 11) is 0. The molecule has 0 saturated carbocycles. The monoisotopic (exact) mass is 312 g/mol. The van der Waals surface area contributed by atoms with Crippen molar-refractivity contribution in [3.05, 3.63) is 44.3 Å². The van der Waals surface area contributed by atoms with Gasteiger partial charge in [-0.05, 0) is 12.1 Å². The minimum atomic E-state index is -0.626. The summed E-state index contributed by atoms with van der Waals surface area (Å²) in [6.07, 6.45) is 1.64. The molecule has 0 bridgehead atoms. The molecule has 1 amide bonds. The standard InChI is InChI=1S/C12H6Cl2N2O2S/c13-6-1-2-7(14)10-9(6)11(17)12(18)16(10)5-8-15-3-4-19-8/h1-4H,5H2. The molecular formula is C12H6Cl2N2O2S. The fourth-order valence-corrected chi connectivity index (χ4v) is 3.07. The summed E-state index contributed by atoms with van der Waals surface area (Å²) in [4.78, 5) is 29.4. The van der Waals surface area contributed by atoms with Gasteiger partial charge in [0.25, 0.3) is 11.7 Å². The van der Waals surface area contributed by atoms with Gasteiger partial charge in [0, 0.05) is 11.6 Å². The Labute approximate surface area is 122 Å². The zero-order valence-electron chi connectivity index (χ0n) is 9.39. The zero-order chi connectivity index (χ0) is 13.6. The normalized spacial score (nSPS) is 14.1. The number of carbonyl (C=O) groups is 2. The van der Waals surface area contributed by atoms with Gasteiger partial charge in [-0.15, -0.1) is 11.3 Å². The Morgan fingerprint density at radius 3 is 2.63 bits per heavy atom. The number of aromatic nitrogens is 1. The predicted octanol–water partition coefficient (Wildman–Crippen LogP) is 3.18. The van der Waals surface area contributed by atoms with E-state index in [1.165, 1.54) is 22.3 Å². The molecule has 1 aliphatic rings. The van der Waals surface area contributed by atoms with Gasteiger partial charge in [0.1, 0.15) is 5.01 Å². The molecule has 2 heterocycles. The maximum atomic E-state index is 12.0. The largest absolute Gasteiger partial charge is 0.299 e. The maximum absolute atomic E-state index is 12.0. The van der Waals surface area contributed by atoms with Crippen LogP contribution in [0.4, 0.5) is 5.69 Å². The smallest absolute Gasteiger partial charge is 0.296 e. The van der Waals surface area contributed by atoms with Gasteiger partial charge in [0.15, 0.2) is 0 Å². The molecule has 7 heteroatoms. The molecule has 0 spiro atoms. The third kappa shape index (κ3) is 1.94. The van der Waals surface area contributed by atoms with Crippen LogP contribution in [0.2, 0.25) is 10.0 Å². The van der Waals surface area contributed by atoms with E-state index >= 15 is 0 Å². The van der Waals surface area contributed by atoms with Gasteiger partial charge in [-0.25, -0.2) is 4.98 Å². The minimum absolute atomic E-state index is 0.177. The number of anilines is 1. The lowest BCUT2D eigenvalue weighted by atomic mass is 10.1. The van der Waals surface area contributed by atoms with Crippen molar-refractivity contribution < 1.29 is 9.59 Å². The van der Waals surface area contributed by atoms with E-state index in [2.05, 4.69) is 4.98 Å². The molecule has 0 fully saturated rings. The Balaban J connectivity index is 2.12. The van der Waals surface area contributed by atoms with Crippen LogP contribution in [0.1, 0.15) is 15.4 Å². The van der Waals surface area contributed by atoms with Gasteiger partial charge in [-0.3, -0.25) is 14.5 Å². The molecule has 0 saturated heterocycles. The number of rotatable bonds is 2. The predicted molar refractivity (Wildman–Crippen MR) is 74.1 cm³/mol. The molecule has 96 valence electrons. The number of benzene rings is 1. The second-order valence-electron chi connectivity index (χ2n) is 3.90. The van der Waals surface area contributed by atoms with Gasteiger partial charge >= 0.3 is 0 Å². The molecule has 1 aliphatic heterocycles. The molecule has 0 atom stereocenters. The van der Waals surface area contributed by atoms with E-state index in [-0.39, 0.29) is 17.1 Å². The maximum Gasteiger partial charge on any atom is 0.299 e. The number of hydrogen-bond acceptors (Lipinski definition) is 4. The first kappa shape index (κ1) is 12.6. The summed E-state index contributed by atoms with van der Waals surface area (Å²) < 4.78 is 0. The van der Waals surface area contributed by atoms with Crippen LogP contribution in [-0.4, -0.2) is 16.7 Å². The molecule has 0 unspecified atom stereocenters. The number of ketones is 1. The Bertz CT molecular complexity index is 685. The first-order chi connectivity index (χ1) is 9.09. The molecule has 4 nitrogen and oxygen atoms in total. The third-order valence-corrected chi connectivity index (χ3v) is 4.18. The van der Waals surface area contributed by atoms with Crippen LogP contribution in [0.5, 0.6) is 0 Å². The number of Topliss-reactive ketones (excluding diaryl/α,β-unsaturated/α-hetero) is 1. The van der Waals surface area contributed by atoms with Crippen molar-refractivity contribution in [3.8, 4) is 0 Å². The Hall–Kier alpha value is -1.43. The van der Waals surface area contributed by atoms with Crippen molar-refractivity contribution in [2.24, 2.45) is 0 Å². The number of halogens is 2. The zero-order valence-corrected chi connectivity index (χ0v) is 11.7. The lowest BCUT2D eigenvalue weighted by Gasteiger charge is -2.16. The molecule has 19 heavy (non-hydrogen) atoms. The number of thiazole rings is 1. The van der Waals surface area contributed by atoms with Gasteiger partial charge in [-0.2, -0.15) is 0 Å². The topological polar surface area (TPSA) is 50.3 Å². The van der Waals surface area contributed by atoms with Crippen molar-refractivity contribution in [1.29, 1.82) is 0 Å². The van der Waals surface area contributed by atoms with Crippen LogP contribution >= 0.6 is 34.5 Å². The van der Waals surface area contributed by atoms with E-state index in [0.717, 1.165) is 5.01 Å². The number of nitrogens with zero attached hydrogens (tertiary/aromatic N) is 2. The highest BCUT2D eigenvalue weighted by molar-refractivity contribution is 7.09. The number of amides is 1. The van der Waals surface area contributed by atoms with Gasteiger partial charge < -0.3 is 0 Å². The average molecular weight is 313 g/mol. The molecule has 0 N–H and O–H groups in total. The number of hydrogen-bond donors (Lipinski definition) is 0. The van der Waals surface area contributed by atoms with Gasteiger partial charge in [-0.1, -0.05) is 23.2 Å². The highest BCUT2D eigenvalue weighted by Crippen LogP contribution is 2.40. The van der Waals surface area contributed by atoms with Crippen molar-refractivity contribution in [2.45, 2.75) is 6.54 Å². The summed E-state index contributed by atoms with van der Waals surface area (Å²) in [6.45, 7) is 0.218. The third-order valence-electron chi connectivity index (χ3n) is 2.79. The van der Waals surface area contributed by atoms with Gasteiger partial charge in [0.05, 0.1) is 27.8 Å². The van der Waals surface area contributed by atoms with Crippen LogP contribution in [0.15, 0.2) is 23.7 Å². The van der Waals surface area contributed by atoms with Crippen molar-refractivity contribution in [1.82, 2.24) is 4.98 Å². The van der Waals surface area contributed by atoms with E-state index < -0.39 is 11.7 Å². The SMILES string of the molecule is O=C1C(=O)N(Cc2nccs2)c2c(Cl)ccc(Cl)c21. The summed E-state index contributed by atoms with van der Waals surface area (Å²) in [5.41, 5.74) is 0.551. The minimum Gasteiger partial charge on any atom is -0.296 e. The average Bonchev–Trinajstić information content (AvgIpc) is 2.97. The van der Waals surface area contributed by atoms with E-state index in [0.29, 0.717) is 10.7 Å². The van der Waals surface area contributed by atoms with Crippen LogP contribution in [0.3, 0.4) is 0 Å². The lowest BCUT2D eigenvalue weighted by Crippen LogP contribution is -2.29. The van der Waals surface area contributed by atoms with Crippen molar-refractivity contribution in [3.63, 3.8) is 0 Å². The van der Waals surface area contributed by atoms with Crippen LogP contribution in [0.25, 0.3) is 0 Å². The van der Waals surface area contributed by atoms with E-state index in [9.17, 15) is 9.59 Å². The molecule has 0 aliphatic carbocycles. The highest BCUT2D eigenvalue weighted by Gasteiger charge is 2.39. The van der Waals surface area contributed by atoms with Gasteiger partial charge in [0.2, 0.25) is 0 Å². The summed E-state index contributed by atoms with van der Waals surface area (Å²) in [5.74, 6) is -1.25. The summed E-state index contributed by atoms with van der Waals surface area (Å²) >= 11 is 13.5. The number of carbonyl (C=O) groups excluding carboxylic acids is 2. The highest BCUT2D eigenvalue weighted by atomic mass is 35.5. The van der Waals surface area contributed by atoms with Crippen molar-refractivity contribution in [2.75, 3.05) is 4.90 Å². The summed E-state index contributed by atoms with van der Waals surface area (Å²) in [6, 6.07) is 3.09. The van der Waals surface area contributed by atoms with Crippen LogP contribution < -0.4 is 4.90 Å². The molecule has 2 aromatic rings. The van der Waals surface area contributed by atoms with E-state index in [1.54, 1.807) is 17.6 Å². The molecule has 1 aromatic carbocycles. The fraction of sp³-hybridized carbons (Fsp3) is 0.0833. The first-order valence-corrected chi connectivity index (χ1v) is 6.95. The molecular weight excluding hydrogens is 307 g/mol. The second-order valence-corrected chi connectivity index (χ2v) is 5.69. The quantitative estimate of drug-likeness (QED) is 0.800. The first-order valence-electron chi connectivity index (χ1n) is 5.32. The van der Waals surface area contributed by atoms with E-state index in [1.807, 2.05) is 0 Å². The van der Waals surface area contributed by atoms with Crippen molar-refractivity contribution >= 4 is 51.9 Å². The number of fused-ring (bicyclic) bond motifs is 1. The van der Waals surface area contributed by atoms with E-state index in [4.69, 9.17) is 23.2 Å². The second kappa shape index (κ2) is 4.59. The molecule has 0 radical (unpaired) electrons. The lowest BCUT2D eigenvalue weighted by molar-refractivity contribution is -0.114.